The van der Waals surface area contributed by atoms with Gasteiger partial charge in [-0.1, -0.05) is 0 Å². The van der Waals surface area contributed by atoms with Crippen LogP contribution in [0.5, 0.6) is 0 Å². The van der Waals surface area contributed by atoms with Crippen molar-refractivity contribution < 1.29 is 19.2 Å². The van der Waals surface area contributed by atoms with E-state index < -0.39 is 23.3 Å². The number of amides is 3. The summed E-state index contributed by atoms with van der Waals surface area (Å²) in [7, 11) is 0. The number of aromatic nitrogens is 1. The minimum absolute atomic E-state index is 0.138. The Morgan fingerprint density at radius 3 is 2.18 bits per heavy atom. The highest BCUT2D eigenvalue weighted by atomic mass is 16.2. The van der Waals surface area contributed by atoms with Crippen molar-refractivity contribution in [1.29, 1.82) is 0 Å². The predicted octanol–water partition coefficient (Wildman–Crippen LogP) is 1.35. The molecule has 2 heterocycles. The van der Waals surface area contributed by atoms with E-state index in [-0.39, 0.29) is 18.0 Å². The molecule has 7 heteroatoms. The molecule has 0 unspecified atom stereocenters. The molecule has 1 aliphatic heterocycles. The van der Waals surface area contributed by atoms with Gasteiger partial charge in [0.1, 0.15) is 5.54 Å². The molecule has 0 aliphatic carbocycles. The summed E-state index contributed by atoms with van der Waals surface area (Å²) in [6.45, 7) is 7.61. The molecule has 22 heavy (non-hydrogen) atoms. The van der Waals surface area contributed by atoms with Crippen molar-refractivity contribution in [2.75, 3.05) is 6.54 Å². The van der Waals surface area contributed by atoms with Crippen LogP contribution in [0.15, 0.2) is 0 Å². The molecule has 1 aromatic rings. The van der Waals surface area contributed by atoms with Crippen molar-refractivity contribution in [1.82, 2.24) is 15.2 Å². The van der Waals surface area contributed by atoms with Crippen molar-refractivity contribution in [2.24, 2.45) is 0 Å². The number of H-pyrrole nitrogens is 1. The Hall–Kier alpha value is -2.44. The van der Waals surface area contributed by atoms with Gasteiger partial charge in [-0.05, 0) is 40.2 Å². The van der Waals surface area contributed by atoms with E-state index in [1.807, 2.05) is 0 Å². The standard InChI is InChI=1S/C15H19N3O4/c1-7-11(9(3)19)8(2)16-12(7)10(20)6-18-13(21)15(4,5)17-14(18)22/h16H,6H2,1-5H3,(H,17,22). The number of carbonyl (C=O) groups is 4. The third kappa shape index (κ3) is 2.43. The molecule has 3 amide bonds. The van der Waals surface area contributed by atoms with Crippen molar-refractivity contribution >= 4 is 23.5 Å². The first-order valence-corrected chi connectivity index (χ1v) is 6.93. The van der Waals surface area contributed by atoms with Gasteiger partial charge in [0.15, 0.2) is 11.6 Å². The van der Waals surface area contributed by atoms with Crippen LogP contribution in [-0.2, 0) is 4.79 Å². The third-order valence-corrected chi connectivity index (χ3v) is 3.81. The summed E-state index contributed by atoms with van der Waals surface area (Å²) in [4.78, 5) is 51.7. The monoisotopic (exact) mass is 305 g/mol. The number of nitrogens with zero attached hydrogens (tertiary/aromatic N) is 1. The Labute approximate surface area is 128 Å². The zero-order valence-electron chi connectivity index (χ0n) is 13.3. The van der Waals surface area contributed by atoms with E-state index in [0.717, 1.165) is 4.90 Å². The quantitative estimate of drug-likeness (QED) is 0.648. The SMILES string of the molecule is CC(=O)c1c(C)[nH]c(C(=O)CN2C(=O)NC(C)(C)C2=O)c1C. The van der Waals surface area contributed by atoms with Gasteiger partial charge in [-0.15, -0.1) is 0 Å². The Kier molecular flexibility index (Phi) is 3.68. The van der Waals surface area contributed by atoms with Gasteiger partial charge < -0.3 is 10.3 Å². The second-order valence-electron chi connectivity index (χ2n) is 6.05. The van der Waals surface area contributed by atoms with Crippen LogP contribution in [0.25, 0.3) is 0 Å². The van der Waals surface area contributed by atoms with Crippen LogP contribution in [-0.4, -0.2) is 45.5 Å². The number of hydrogen-bond donors (Lipinski definition) is 2. The Balaban J connectivity index is 2.28. The fraction of sp³-hybridized carbons (Fsp3) is 0.467. The number of rotatable bonds is 4. The van der Waals surface area contributed by atoms with Gasteiger partial charge in [-0.3, -0.25) is 19.3 Å². The van der Waals surface area contributed by atoms with E-state index in [2.05, 4.69) is 10.3 Å². The lowest BCUT2D eigenvalue weighted by Gasteiger charge is -2.15. The Morgan fingerprint density at radius 2 is 1.77 bits per heavy atom. The molecule has 2 rings (SSSR count). The lowest BCUT2D eigenvalue weighted by atomic mass is 10.0. The molecule has 2 N–H and O–H groups in total. The van der Waals surface area contributed by atoms with E-state index in [4.69, 9.17) is 0 Å². The Morgan fingerprint density at radius 1 is 1.18 bits per heavy atom. The van der Waals surface area contributed by atoms with Gasteiger partial charge >= 0.3 is 6.03 Å². The van der Waals surface area contributed by atoms with Crippen LogP contribution in [0.1, 0.15) is 52.9 Å². The molecule has 118 valence electrons. The largest absolute Gasteiger partial charge is 0.355 e. The van der Waals surface area contributed by atoms with Gasteiger partial charge in [0.25, 0.3) is 5.91 Å². The van der Waals surface area contributed by atoms with Crippen LogP contribution in [0, 0.1) is 13.8 Å². The van der Waals surface area contributed by atoms with Gasteiger partial charge in [0.05, 0.1) is 12.2 Å². The minimum atomic E-state index is -1.01. The van der Waals surface area contributed by atoms with Crippen molar-refractivity contribution in [2.45, 2.75) is 40.2 Å². The van der Waals surface area contributed by atoms with Crippen LogP contribution in [0.4, 0.5) is 4.79 Å². The van der Waals surface area contributed by atoms with Crippen molar-refractivity contribution in [3.8, 4) is 0 Å². The number of aryl methyl sites for hydroxylation is 1. The first-order valence-electron chi connectivity index (χ1n) is 6.93. The van der Waals surface area contributed by atoms with E-state index in [0.29, 0.717) is 16.8 Å². The molecule has 0 saturated carbocycles. The number of Topliss-reactive ketones (excluding diaryl/α,β-unsaturated/α-hetero) is 2. The first-order chi connectivity index (χ1) is 10.1. The van der Waals surface area contributed by atoms with Gasteiger partial charge in [0.2, 0.25) is 0 Å². The fourth-order valence-corrected chi connectivity index (χ4v) is 2.74. The molecule has 0 aromatic carbocycles. The number of ketones is 2. The van der Waals surface area contributed by atoms with Crippen molar-refractivity contribution in [3.05, 3.63) is 22.5 Å². The number of aromatic amines is 1. The summed E-state index contributed by atoms with van der Waals surface area (Å²) in [6, 6.07) is -0.587. The number of hydrogen-bond acceptors (Lipinski definition) is 4. The molecule has 7 nitrogen and oxygen atoms in total. The minimum Gasteiger partial charge on any atom is -0.355 e. The number of imide groups is 1. The number of carbonyl (C=O) groups excluding carboxylic acids is 4. The van der Waals surface area contributed by atoms with Crippen LogP contribution < -0.4 is 5.32 Å². The maximum atomic E-state index is 12.4. The highest BCUT2D eigenvalue weighted by molar-refractivity contribution is 6.11. The molecule has 1 fully saturated rings. The molecular weight excluding hydrogens is 286 g/mol. The van der Waals surface area contributed by atoms with Crippen molar-refractivity contribution in [3.63, 3.8) is 0 Å². The zero-order chi connectivity index (χ0) is 16.8. The van der Waals surface area contributed by atoms with E-state index >= 15 is 0 Å². The summed E-state index contributed by atoms with van der Waals surface area (Å²) in [5.41, 5.74) is 0.865. The fourth-order valence-electron chi connectivity index (χ4n) is 2.74. The van der Waals surface area contributed by atoms with Gasteiger partial charge in [0, 0.05) is 11.3 Å². The molecule has 1 saturated heterocycles. The van der Waals surface area contributed by atoms with E-state index in [9.17, 15) is 19.2 Å². The topological polar surface area (TPSA) is 99.3 Å². The maximum Gasteiger partial charge on any atom is 0.325 e. The number of nitrogens with one attached hydrogen (secondary N) is 2. The molecule has 1 aliphatic rings. The summed E-state index contributed by atoms with van der Waals surface area (Å²) < 4.78 is 0. The van der Waals surface area contributed by atoms with Crippen LogP contribution in [0.3, 0.4) is 0 Å². The normalized spacial score (nSPS) is 16.9. The molecule has 0 bridgehead atoms. The highest BCUT2D eigenvalue weighted by Crippen LogP contribution is 2.21. The third-order valence-electron chi connectivity index (χ3n) is 3.81. The second-order valence-corrected chi connectivity index (χ2v) is 6.05. The van der Waals surface area contributed by atoms with E-state index in [1.165, 1.54) is 6.92 Å². The molecule has 0 spiro atoms. The van der Waals surface area contributed by atoms with Crippen LogP contribution in [0.2, 0.25) is 0 Å². The molecule has 0 atom stereocenters. The van der Waals surface area contributed by atoms with Crippen LogP contribution >= 0.6 is 0 Å². The average Bonchev–Trinajstić information content (AvgIpc) is 2.78. The lowest BCUT2D eigenvalue weighted by Crippen LogP contribution is -2.41. The Bertz CT molecular complexity index is 700. The molecular formula is C15H19N3O4. The summed E-state index contributed by atoms with van der Waals surface area (Å²) in [5, 5.41) is 2.52. The lowest BCUT2D eigenvalue weighted by molar-refractivity contribution is -0.129. The van der Waals surface area contributed by atoms with Gasteiger partial charge in [-0.25, -0.2) is 4.79 Å². The predicted molar refractivity (Wildman–Crippen MR) is 78.9 cm³/mol. The highest BCUT2D eigenvalue weighted by Gasteiger charge is 2.45. The average molecular weight is 305 g/mol. The summed E-state index contributed by atoms with van der Waals surface area (Å²) in [5.74, 6) is -0.991. The smallest absolute Gasteiger partial charge is 0.325 e. The molecule has 0 radical (unpaired) electrons. The summed E-state index contributed by atoms with van der Waals surface area (Å²) in [6.07, 6.45) is 0. The molecule has 1 aromatic heterocycles. The number of urea groups is 1. The first kappa shape index (κ1) is 15.9. The summed E-state index contributed by atoms with van der Waals surface area (Å²) >= 11 is 0. The second kappa shape index (κ2) is 5.08. The zero-order valence-corrected chi connectivity index (χ0v) is 13.3. The van der Waals surface area contributed by atoms with Gasteiger partial charge in [-0.2, -0.15) is 0 Å². The maximum absolute atomic E-state index is 12.4. The van der Waals surface area contributed by atoms with E-state index in [1.54, 1.807) is 27.7 Å².